The van der Waals surface area contributed by atoms with Crippen LogP contribution in [0.5, 0.6) is 0 Å². The van der Waals surface area contributed by atoms with Crippen molar-refractivity contribution < 1.29 is 14.3 Å². The average molecular weight is 393 g/mol. The van der Waals surface area contributed by atoms with Gasteiger partial charge >= 0.3 is 0 Å². The maximum absolute atomic E-state index is 12.4. The van der Waals surface area contributed by atoms with Crippen molar-refractivity contribution in [3.63, 3.8) is 0 Å². The minimum atomic E-state index is -0.680. The Bertz CT molecular complexity index is 557. The number of hydrogen-bond donors (Lipinski definition) is 2. The van der Waals surface area contributed by atoms with E-state index in [2.05, 4.69) is 10.3 Å². The molecule has 1 saturated heterocycles. The minimum absolute atomic E-state index is 0. The molecule has 0 aromatic carbocycles. The van der Waals surface area contributed by atoms with Crippen molar-refractivity contribution in [1.29, 1.82) is 0 Å². The van der Waals surface area contributed by atoms with E-state index in [-0.39, 0.29) is 49.2 Å². The van der Waals surface area contributed by atoms with Crippen molar-refractivity contribution in [2.45, 2.75) is 25.8 Å². The number of nitrogens with zero attached hydrogens (tertiary/aromatic N) is 2. The van der Waals surface area contributed by atoms with E-state index in [1.807, 2.05) is 13.0 Å². The van der Waals surface area contributed by atoms with Gasteiger partial charge in [0.2, 0.25) is 11.8 Å². The number of nitrogens with one attached hydrogen (secondary N) is 1. The number of nitrogens with two attached hydrogens (primary N) is 1. The van der Waals surface area contributed by atoms with E-state index >= 15 is 0 Å². The lowest BCUT2D eigenvalue weighted by Crippen LogP contribution is -2.51. The summed E-state index contributed by atoms with van der Waals surface area (Å²) in [6.07, 6.45) is 3.24. The van der Waals surface area contributed by atoms with Gasteiger partial charge in [-0.25, -0.2) is 4.98 Å². The first-order valence-corrected chi connectivity index (χ1v) is 7.78. The summed E-state index contributed by atoms with van der Waals surface area (Å²) in [5.74, 6) is 0.00246. The Balaban J connectivity index is 0.00000288. The molecule has 1 aromatic rings. The van der Waals surface area contributed by atoms with E-state index in [9.17, 15) is 9.59 Å². The van der Waals surface area contributed by atoms with Crippen LogP contribution in [0.1, 0.15) is 18.4 Å². The molecule has 0 bridgehead atoms. The maximum Gasteiger partial charge on any atom is 0.241 e. The Morgan fingerprint density at radius 3 is 2.76 bits per heavy atom. The van der Waals surface area contributed by atoms with Crippen molar-refractivity contribution in [3.05, 3.63) is 23.9 Å². The normalized spacial score (nSPS) is 17.7. The van der Waals surface area contributed by atoms with Crippen LogP contribution in [0.2, 0.25) is 0 Å². The van der Waals surface area contributed by atoms with Crippen molar-refractivity contribution >= 4 is 42.4 Å². The summed E-state index contributed by atoms with van der Waals surface area (Å²) in [6.45, 7) is 3.13. The molecule has 2 rings (SSSR count). The van der Waals surface area contributed by atoms with Crippen LogP contribution >= 0.6 is 24.8 Å². The smallest absolute Gasteiger partial charge is 0.241 e. The molecule has 0 radical (unpaired) electrons. The lowest BCUT2D eigenvalue weighted by molar-refractivity contribution is -0.136. The third-order valence-electron chi connectivity index (χ3n) is 3.93. The number of aryl methyl sites for hydroxylation is 1. The molecular weight excluding hydrogens is 367 g/mol. The van der Waals surface area contributed by atoms with Gasteiger partial charge < -0.3 is 20.7 Å². The first-order valence-electron chi connectivity index (χ1n) is 7.78. The van der Waals surface area contributed by atoms with Crippen molar-refractivity contribution in [2.24, 2.45) is 11.7 Å². The molecule has 0 aliphatic carbocycles. The second-order valence-corrected chi connectivity index (χ2v) is 5.90. The molecule has 25 heavy (non-hydrogen) atoms. The zero-order chi connectivity index (χ0) is 16.8. The summed E-state index contributed by atoms with van der Waals surface area (Å²) >= 11 is 0. The Morgan fingerprint density at radius 1 is 1.44 bits per heavy atom. The molecule has 0 saturated carbocycles. The summed E-state index contributed by atoms with van der Waals surface area (Å²) < 4.78 is 4.92. The number of rotatable bonds is 5. The van der Waals surface area contributed by atoms with Crippen LogP contribution in [0, 0.1) is 12.8 Å². The number of ether oxygens (including phenoxy) is 1. The number of aromatic nitrogens is 1. The molecule has 9 heteroatoms. The van der Waals surface area contributed by atoms with Gasteiger partial charge in [0.15, 0.2) is 0 Å². The Kier molecular flexibility index (Phi) is 10.6. The third kappa shape index (κ3) is 6.78. The number of likely N-dealkylation sites (tertiary alicyclic amines) is 1. The first kappa shape index (κ1) is 23.6. The fourth-order valence-electron chi connectivity index (χ4n) is 2.65. The minimum Gasteiger partial charge on any atom is -0.383 e. The van der Waals surface area contributed by atoms with Crippen LogP contribution in [-0.2, 0) is 14.3 Å². The summed E-state index contributed by atoms with van der Waals surface area (Å²) in [5.41, 5.74) is 6.82. The van der Waals surface area contributed by atoms with Crippen molar-refractivity contribution in [2.75, 3.05) is 32.1 Å². The van der Waals surface area contributed by atoms with E-state index in [0.29, 0.717) is 18.9 Å². The van der Waals surface area contributed by atoms with Crippen molar-refractivity contribution in [3.8, 4) is 0 Å². The number of piperidine rings is 1. The number of methoxy groups -OCH3 is 1. The second-order valence-electron chi connectivity index (χ2n) is 5.90. The SMILES string of the molecule is COCC(N)C(=O)N1CCCC(C(=O)Nc2ccc(C)cn2)C1.Cl.Cl. The van der Waals surface area contributed by atoms with E-state index in [4.69, 9.17) is 10.5 Å². The maximum atomic E-state index is 12.4. The summed E-state index contributed by atoms with van der Waals surface area (Å²) in [4.78, 5) is 30.4. The van der Waals surface area contributed by atoms with Gasteiger partial charge in [-0.3, -0.25) is 9.59 Å². The molecule has 7 nitrogen and oxygen atoms in total. The molecule has 1 aromatic heterocycles. The topological polar surface area (TPSA) is 97.5 Å². The highest BCUT2D eigenvalue weighted by Gasteiger charge is 2.30. The molecule has 2 unspecified atom stereocenters. The van der Waals surface area contributed by atoms with E-state index in [1.54, 1.807) is 17.2 Å². The largest absolute Gasteiger partial charge is 0.383 e. The Morgan fingerprint density at radius 2 is 2.16 bits per heavy atom. The monoisotopic (exact) mass is 392 g/mol. The van der Waals surface area contributed by atoms with Crippen LogP contribution in [0.4, 0.5) is 5.82 Å². The highest BCUT2D eigenvalue weighted by atomic mass is 35.5. The van der Waals surface area contributed by atoms with E-state index in [0.717, 1.165) is 18.4 Å². The standard InChI is InChI=1S/C16H24N4O3.2ClH/c1-11-5-6-14(18-8-11)19-15(21)12-4-3-7-20(9-12)16(22)13(17)10-23-2;;/h5-6,8,12-13H,3-4,7,9-10,17H2,1-2H3,(H,18,19,21);2*1H. The van der Waals surface area contributed by atoms with Crippen LogP contribution in [0.15, 0.2) is 18.3 Å². The van der Waals surface area contributed by atoms with E-state index < -0.39 is 6.04 Å². The molecule has 1 fully saturated rings. The number of carbonyl (C=O) groups excluding carboxylic acids is 2. The zero-order valence-corrected chi connectivity index (χ0v) is 16.1. The molecule has 1 aliphatic heterocycles. The second kappa shape index (κ2) is 11.3. The number of carbonyl (C=O) groups is 2. The number of hydrogen-bond acceptors (Lipinski definition) is 5. The fraction of sp³-hybridized carbons (Fsp3) is 0.562. The van der Waals surface area contributed by atoms with Gasteiger partial charge in [-0.1, -0.05) is 6.07 Å². The Hall–Kier alpha value is -1.41. The molecule has 2 heterocycles. The van der Waals surface area contributed by atoms with Crippen LogP contribution < -0.4 is 11.1 Å². The summed E-state index contributed by atoms with van der Waals surface area (Å²) in [5, 5.41) is 2.81. The average Bonchev–Trinajstić information content (AvgIpc) is 2.56. The van der Waals surface area contributed by atoms with Gasteiger partial charge in [-0.15, -0.1) is 24.8 Å². The van der Waals surface area contributed by atoms with Crippen LogP contribution in [0.25, 0.3) is 0 Å². The fourth-order valence-corrected chi connectivity index (χ4v) is 2.65. The zero-order valence-electron chi connectivity index (χ0n) is 14.4. The van der Waals surface area contributed by atoms with Crippen molar-refractivity contribution in [1.82, 2.24) is 9.88 Å². The van der Waals surface area contributed by atoms with Gasteiger partial charge in [-0.2, -0.15) is 0 Å². The lowest BCUT2D eigenvalue weighted by atomic mass is 9.96. The molecular formula is C16H26Cl2N4O3. The number of anilines is 1. The summed E-state index contributed by atoms with van der Waals surface area (Å²) in [7, 11) is 1.51. The van der Waals surface area contributed by atoms with Gasteiger partial charge in [0.1, 0.15) is 11.9 Å². The highest BCUT2D eigenvalue weighted by molar-refractivity contribution is 5.92. The molecule has 2 atom stereocenters. The molecule has 142 valence electrons. The quantitative estimate of drug-likeness (QED) is 0.788. The predicted molar refractivity (Wildman–Crippen MR) is 101 cm³/mol. The van der Waals surface area contributed by atoms with Gasteiger partial charge in [0.05, 0.1) is 12.5 Å². The molecule has 1 aliphatic rings. The van der Waals surface area contributed by atoms with Gasteiger partial charge in [0, 0.05) is 26.4 Å². The first-order chi connectivity index (χ1) is 11.0. The number of halogens is 2. The Labute approximate surface area is 160 Å². The van der Waals surface area contributed by atoms with Crippen LogP contribution in [-0.4, -0.2) is 54.5 Å². The van der Waals surface area contributed by atoms with Crippen LogP contribution in [0.3, 0.4) is 0 Å². The predicted octanol–water partition coefficient (Wildman–Crippen LogP) is 1.38. The van der Waals surface area contributed by atoms with Gasteiger partial charge in [-0.05, 0) is 31.4 Å². The lowest BCUT2D eigenvalue weighted by Gasteiger charge is -2.33. The molecule has 0 spiro atoms. The highest BCUT2D eigenvalue weighted by Crippen LogP contribution is 2.19. The molecule has 2 amide bonds. The third-order valence-corrected chi connectivity index (χ3v) is 3.93. The van der Waals surface area contributed by atoms with Gasteiger partial charge in [0.25, 0.3) is 0 Å². The summed E-state index contributed by atoms with van der Waals surface area (Å²) in [6, 6.07) is 2.98. The number of amides is 2. The number of pyridine rings is 1. The molecule has 3 N–H and O–H groups in total. The van der Waals surface area contributed by atoms with E-state index in [1.165, 1.54) is 7.11 Å².